The second-order valence-electron chi connectivity index (χ2n) is 9.65. The van der Waals surface area contributed by atoms with E-state index in [0.717, 1.165) is 17.8 Å². The molecule has 3 atom stereocenters. The van der Waals surface area contributed by atoms with Crippen LogP contribution in [0.15, 0.2) is 48.5 Å². The van der Waals surface area contributed by atoms with Crippen LogP contribution in [0.1, 0.15) is 43.4 Å². The molecule has 1 aliphatic carbocycles. The zero-order valence-corrected chi connectivity index (χ0v) is 20.3. The molecule has 1 N–H and O–H groups in total. The summed E-state index contributed by atoms with van der Waals surface area (Å²) in [5, 5.41) is 4.84. The third kappa shape index (κ3) is 4.61. The van der Waals surface area contributed by atoms with Crippen LogP contribution < -0.4 is 4.72 Å². The van der Waals surface area contributed by atoms with E-state index in [4.69, 9.17) is 5.10 Å². The van der Waals surface area contributed by atoms with Crippen molar-refractivity contribution >= 4 is 12.8 Å². The van der Waals surface area contributed by atoms with Gasteiger partial charge in [0.25, 0.3) is 0 Å². The molecule has 164 valence electrons. The Balaban J connectivity index is 1.60. The molecule has 1 heterocycles. The Hall–Kier alpha value is -2.04. The number of hydrogen-bond donors (Lipinski definition) is 2. The average Bonchev–Trinajstić information content (AvgIpc) is 3.33. The van der Waals surface area contributed by atoms with Gasteiger partial charge in [0.1, 0.15) is 0 Å². The molecule has 3 nitrogen and oxygen atoms in total. The largest absolute Gasteiger partial charge is 0.267 e. The fourth-order valence-corrected chi connectivity index (χ4v) is 5.63. The molecule has 2 aromatic carbocycles. The van der Waals surface area contributed by atoms with Crippen molar-refractivity contribution in [3.8, 4) is 22.5 Å². The summed E-state index contributed by atoms with van der Waals surface area (Å²) < 4.78 is 5.33. The van der Waals surface area contributed by atoms with Crippen LogP contribution >= 0.6 is 12.8 Å². The Morgan fingerprint density at radius 2 is 1.74 bits per heavy atom. The normalized spacial score (nSPS) is 21.2. The van der Waals surface area contributed by atoms with Crippen molar-refractivity contribution in [1.82, 2.24) is 14.5 Å². The number of nitrogens with zero attached hydrogens (tertiary/aromatic N) is 2. The highest BCUT2D eigenvalue weighted by Crippen LogP contribution is 2.39. The van der Waals surface area contributed by atoms with Crippen molar-refractivity contribution in [1.29, 1.82) is 0 Å². The second kappa shape index (κ2) is 9.22. The van der Waals surface area contributed by atoms with Crippen LogP contribution in [0, 0.1) is 31.6 Å². The molecule has 4 heteroatoms. The Morgan fingerprint density at radius 3 is 2.42 bits per heavy atom. The highest BCUT2D eigenvalue weighted by atomic mass is 32.1. The molecule has 0 amide bonds. The number of hydrogen-bond acceptors (Lipinski definition) is 3. The van der Waals surface area contributed by atoms with Gasteiger partial charge in [-0.3, -0.25) is 9.40 Å². The molecule has 0 radical (unpaired) electrons. The van der Waals surface area contributed by atoms with Crippen molar-refractivity contribution in [2.24, 2.45) is 24.8 Å². The monoisotopic (exact) mass is 433 g/mol. The number of aryl methyl sites for hydroxylation is 3. The first-order valence-electron chi connectivity index (χ1n) is 11.5. The van der Waals surface area contributed by atoms with E-state index < -0.39 is 0 Å². The van der Waals surface area contributed by atoms with Gasteiger partial charge >= 0.3 is 0 Å². The minimum atomic E-state index is 0.481. The predicted octanol–water partition coefficient (Wildman–Crippen LogP) is 6.40. The van der Waals surface area contributed by atoms with Crippen LogP contribution in [0.5, 0.6) is 0 Å². The van der Waals surface area contributed by atoms with Crippen LogP contribution in [-0.4, -0.2) is 15.8 Å². The molecular weight excluding hydrogens is 398 g/mol. The molecule has 0 saturated heterocycles. The summed E-state index contributed by atoms with van der Waals surface area (Å²) in [6.07, 6.45) is 3.66. The number of nitrogens with one attached hydrogen (secondary N) is 1. The van der Waals surface area contributed by atoms with E-state index in [1.807, 2.05) is 11.7 Å². The molecule has 3 aromatic rings. The van der Waals surface area contributed by atoms with Crippen LogP contribution in [0.3, 0.4) is 0 Å². The Kier molecular flexibility index (Phi) is 6.59. The molecule has 1 aliphatic rings. The first-order chi connectivity index (χ1) is 14.9. The summed E-state index contributed by atoms with van der Waals surface area (Å²) in [6, 6.07) is 18.2. The van der Waals surface area contributed by atoms with Crippen molar-refractivity contribution in [2.75, 3.05) is 0 Å². The Morgan fingerprint density at radius 1 is 1.03 bits per heavy atom. The lowest BCUT2D eigenvalue weighted by Crippen LogP contribution is -2.35. The molecular formula is C27H35N3S. The van der Waals surface area contributed by atoms with Gasteiger partial charge in [-0.2, -0.15) is 5.10 Å². The Labute approximate surface area is 192 Å². The van der Waals surface area contributed by atoms with Crippen molar-refractivity contribution in [2.45, 2.75) is 53.0 Å². The molecule has 0 bridgehead atoms. The van der Waals surface area contributed by atoms with Crippen molar-refractivity contribution < 1.29 is 0 Å². The fraction of sp³-hybridized carbons (Fsp3) is 0.444. The number of thiol groups is 1. The molecule has 0 aliphatic heterocycles. The Bertz CT molecular complexity index is 1040. The summed E-state index contributed by atoms with van der Waals surface area (Å²) in [5.41, 5.74) is 8.65. The minimum Gasteiger partial charge on any atom is -0.267 e. The molecule has 1 saturated carbocycles. The first-order valence-corrected chi connectivity index (χ1v) is 11.9. The highest BCUT2D eigenvalue weighted by molar-refractivity contribution is 7.78. The summed E-state index contributed by atoms with van der Waals surface area (Å²) >= 11 is 4.49. The molecule has 0 spiro atoms. The molecule has 1 unspecified atom stereocenters. The van der Waals surface area contributed by atoms with E-state index in [1.54, 1.807) is 0 Å². The van der Waals surface area contributed by atoms with Crippen LogP contribution in [0.25, 0.3) is 22.5 Å². The van der Waals surface area contributed by atoms with Gasteiger partial charge in [-0.05, 0) is 79.7 Å². The van der Waals surface area contributed by atoms with E-state index in [9.17, 15) is 0 Å². The minimum absolute atomic E-state index is 0.481. The van der Waals surface area contributed by atoms with Crippen LogP contribution in [0.4, 0.5) is 0 Å². The number of benzene rings is 2. The van der Waals surface area contributed by atoms with Gasteiger partial charge in [-0.15, -0.1) is 0 Å². The van der Waals surface area contributed by atoms with Gasteiger partial charge in [0.2, 0.25) is 0 Å². The smallest absolute Gasteiger partial charge is 0.0929 e. The van der Waals surface area contributed by atoms with E-state index in [2.05, 4.69) is 93.8 Å². The van der Waals surface area contributed by atoms with Gasteiger partial charge in [0.15, 0.2) is 0 Å². The van der Waals surface area contributed by atoms with Gasteiger partial charge in [-0.1, -0.05) is 68.6 Å². The lowest BCUT2D eigenvalue weighted by molar-refractivity contribution is 0.312. The maximum Gasteiger partial charge on any atom is 0.0929 e. The third-order valence-electron chi connectivity index (χ3n) is 7.20. The van der Waals surface area contributed by atoms with Gasteiger partial charge < -0.3 is 0 Å². The standard InChI is InChI=1S/C27H35N3S/c1-17(2)24-13-12-22(27(24)29-31)15-23-14-21(11-8-19(23)4)25-16-26(30(5)28-25)20-9-6-18(3)7-10-20/h6-11,14,16-17,22,24,27,29,31H,12-13,15H2,1-5H3/t22-,24+,27?/m1/s1. The summed E-state index contributed by atoms with van der Waals surface area (Å²) in [5.74, 6) is 2.03. The second-order valence-corrected chi connectivity index (χ2v) is 9.91. The lowest BCUT2D eigenvalue weighted by atomic mass is 9.86. The molecule has 4 rings (SSSR count). The summed E-state index contributed by atoms with van der Waals surface area (Å²) in [4.78, 5) is 0. The first kappa shape index (κ1) is 22.2. The lowest BCUT2D eigenvalue weighted by Gasteiger charge is -2.27. The van der Waals surface area contributed by atoms with Gasteiger partial charge in [0.05, 0.1) is 11.4 Å². The zero-order chi connectivity index (χ0) is 22.1. The topological polar surface area (TPSA) is 29.9 Å². The highest BCUT2D eigenvalue weighted by Gasteiger charge is 2.37. The average molecular weight is 434 g/mol. The van der Waals surface area contributed by atoms with Crippen molar-refractivity contribution in [3.05, 3.63) is 65.2 Å². The fourth-order valence-electron chi connectivity index (χ4n) is 5.23. The molecule has 31 heavy (non-hydrogen) atoms. The quantitative estimate of drug-likeness (QED) is 0.441. The predicted molar refractivity (Wildman–Crippen MR) is 134 cm³/mol. The van der Waals surface area contributed by atoms with Gasteiger partial charge in [-0.25, -0.2) is 0 Å². The van der Waals surface area contributed by atoms with Gasteiger partial charge in [0, 0.05) is 18.7 Å². The molecule has 1 fully saturated rings. The summed E-state index contributed by atoms with van der Waals surface area (Å²) in [6.45, 7) is 9.02. The van der Waals surface area contributed by atoms with Crippen LogP contribution in [-0.2, 0) is 13.5 Å². The maximum atomic E-state index is 4.84. The maximum absolute atomic E-state index is 4.84. The van der Waals surface area contributed by atoms with E-state index in [-0.39, 0.29) is 0 Å². The number of rotatable bonds is 6. The number of aromatic nitrogens is 2. The van der Waals surface area contributed by atoms with Crippen molar-refractivity contribution in [3.63, 3.8) is 0 Å². The SMILES string of the molecule is Cc1ccc(-c2cc(-c3ccc(C)c(C[C@H]4CC[C@@H](C(C)C)C4NS)c3)nn2C)cc1. The third-order valence-corrected chi connectivity index (χ3v) is 7.50. The van der Waals surface area contributed by atoms with E-state index in [0.29, 0.717) is 23.8 Å². The van der Waals surface area contributed by atoms with E-state index >= 15 is 0 Å². The van der Waals surface area contributed by atoms with E-state index in [1.165, 1.54) is 40.7 Å². The van der Waals surface area contributed by atoms with Crippen LogP contribution in [0.2, 0.25) is 0 Å². The summed E-state index contributed by atoms with van der Waals surface area (Å²) in [7, 11) is 2.03. The zero-order valence-electron chi connectivity index (χ0n) is 19.4. The molecule has 1 aromatic heterocycles.